The predicted octanol–water partition coefficient (Wildman–Crippen LogP) is 2.04. The molecule has 0 bridgehead atoms. The summed E-state index contributed by atoms with van der Waals surface area (Å²) in [6.07, 6.45) is 1.51. The first-order chi connectivity index (χ1) is 10.5. The number of carbonyl (C=O) groups is 1. The van der Waals surface area contributed by atoms with Gasteiger partial charge in [0.1, 0.15) is 5.75 Å². The van der Waals surface area contributed by atoms with E-state index in [1.165, 1.54) is 18.0 Å². The Morgan fingerprint density at radius 3 is 2.55 bits per heavy atom. The quantitative estimate of drug-likeness (QED) is 0.381. The van der Waals surface area contributed by atoms with Crippen LogP contribution in [-0.2, 0) is 4.79 Å². The minimum atomic E-state index is -0.234. The largest absolute Gasteiger partial charge is 0.508 e. The molecule has 0 aliphatic heterocycles. The lowest BCUT2D eigenvalue weighted by molar-refractivity contribution is -0.118. The minimum absolute atomic E-state index is 0.186. The highest BCUT2D eigenvalue weighted by molar-refractivity contribution is 7.99. The summed E-state index contributed by atoms with van der Waals surface area (Å²) < 4.78 is 0. The maximum atomic E-state index is 11.7. The summed E-state index contributed by atoms with van der Waals surface area (Å²) >= 11 is 1.26. The number of aromatic hydroxyl groups is 1. The Bertz CT molecular complexity index is 666. The van der Waals surface area contributed by atoms with E-state index in [4.69, 9.17) is 5.11 Å². The molecular weight excluding hydrogens is 300 g/mol. The number of benzene rings is 1. The molecule has 0 aliphatic rings. The third-order valence-electron chi connectivity index (χ3n) is 2.59. The van der Waals surface area contributed by atoms with E-state index in [0.717, 1.165) is 17.0 Å². The molecule has 0 unspecified atom stereocenters. The lowest BCUT2D eigenvalue weighted by Crippen LogP contribution is -2.19. The van der Waals surface area contributed by atoms with Crippen molar-refractivity contribution in [1.82, 2.24) is 15.4 Å². The van der Waals surface area contributed by atoms with Gasteiger partial charge in [-0.1, -0.05) is 11.8 Å². The second kappa shape index (κ2) is 7.56. The molecule has 2 aromatic rings. The number of hydrazone groups is 1. The third kappa shape index (κ3) is 5.17. The number of rotatable bonds is 5. The molecule has 2 N–H and O–H groups in total. The van der Waals surface area contributed by atoms with Gasteiger partial charge < -0.3 is 5.11 Å². The molecule has 0 fully saturated rings. The molecule has 114 valence electrons. The van der Waals surface area contributed by atoms with Crippen LogP contribution in [0.5, 0.6) is 5.75 Å². The maximum Gasteiger partial charge on any atom is 0.250 e. The lowest BCUT2D eigenvalue weighted by atomic mass is 10.2. The Hall–Kier alpha value is -2.41. The van der Waals surface area contributed by atoms with Crippen LogP contribution in [0.4, 0.5) is 0 Å². The van der Waals surface area contributed by atoms with Gasteiger partial charge in [0.15, 0.2) is 5.16 Å². The van der Waals surface area contributed by atoms with Crippen LogP contribution in [0.15, 0.2) is 40.6 Å². The Morgan fingerprint density at radius 1 is 1.27 bits per heavy atom. The lowest BCUT2D eigenvalue weighted by Gasteiger charge is -2.02. The fourth-order valence-corrected chi connectivity index (χ4v) is 2.40. The first-order valence-corrected chi connectivity index (χ1v) is 7.57. The van der Waals surface area contributed by atoms with Gasteiger partial charge in [-0.25, -0.2) is 15.4 Å². The van der Waals surface area contributed by atoms with Gasteiger partial charge in [-0.3, -0.25) is 4.79 Å². The van der Waals surface area contributed by atoms with Crippen molar-refractivity contribution in [3.05, 3.63) is 47.3 Å². The molecule has 0 atom stereocenters. The minimum Gasteiger partial charge on any atom is -0.508 e. The summed E-state index contributed by atoms with van der Waals surface area (Å²) in [6.45, 7) is 3.78. The van der Waals surface area contributed by atoms with Crippen LogP contribution in [0, 0.1) is 13.8 Å². The molecule has 0 spiro atoms. The Morgan fingerprint density at radius 2 is 1.91 bits per heavy atom. The van der Waals surface area contributed by atoms with Crippen molar-refractivity contribution in [1.29, 1.82) is 0 Å². The normalized spacial score (nSPS) is 10.8. The Balaban J connectivity index is 1.81. The summed E-state index contributed by atoms with van der Waals surface area (Å²) in [5.41, 5.74) is 4.97. The van der Waals surface area contributed by atoms with Crippen LogP contribution in [0.1, 0.15) is 17.0 Å². The SMILES string of the molecule is Cc1cc(C)nc(SCC(=O)N/N=C\c2ccc(O)cc2)n1. The molecule has 7 heteroatoms. The Labute approximate surface area is 132 Å². The fourth-order valence-electron chi connectivity index (χ4n) is 1.66. The van der Waals surface area contributed by atoms with Crippen molar-refractivity contribution in [3.63, 3.8) is 0 Å². The van der Waals surface area contributed by atoms with Crippen molar-refractivity contribution >= 4 is 23.9 Å². The van der Waals surface area contributed by atoms with Crippen molar-refractivity contribution < 1.29 is 9.90 Å². The van der Waals surface area contributed by atoms with Crippen LogP contribution in [0.25, 0.3) is 0 Å². The number of nitrogens with zero attached hydrogens (tertiary/aromatic N) is 3. The van der Waals surface area contributed by atoms with Crippen LogP contribution in [0.3, 0.4) is 0 Å². The number of hydrogen-bond acceptors (Lipinski definition) is 6. The third-order valence-corrected chi connectivity index (χ3v) is 3.44. The van der Waals surface area contributed by atoms with Crippen molar-refractivity contribution in [3.8, 4) is 5.75 Å². The molecule has 1 amide bonds. The average Bonchev–Trinajstić information content (AvgIpc) is 2.46. The first kappa shape index (κ1) is 16.0. The molecule has 1 heterocycles. The van der Waals surface area contributed by atoms with Gasteiger partial charge in [-0.05, 0) is 49.7 Å². The van der Waals surface area contributed by atoms with E-state index < -0.39 is 0 Å². The van der Waals surface area contributed by atoms with E-state index in [0.29, 0.717) is 5.16 Å². The molecule has 0 radical (unpaired) electrons. The van der Waals surface area contributed by atoms with Gasteiger partial charge in [0.25, 0.3) is 5.91 Å². The zero-order valence-electron chi connectivity index (χ0n) is 12.3. The topological polar surface area (TPSA) is 87.5 Å². The number of thioether (sulfide) groups is 1. The molecular formula is C15H16N4O2S. The van der Waals surface area contributed by atoms with E-state index in [9.17, 15) is 4.79 Å². The number of nitrogens with one attached hydrogen (secondary N) is 1. The van der Waals surface area contributed by atoms with Gasteiger partial charge in [0.2, 0.25) is 0 Å². The van der Waals surface area contributed by atoms with E-state index in [1.807, 2.05) is 19.9 Å². The summed E-state index contributed by atoms with van der Waals surface area (Å²) in [6, 6.07) is 8.38. The molecule has 2 rings (SSSR count). The number of phenols is 1. The first-order valence-electron chi connectivity index (χ1n) is 6.59. The van der Waals surface area contributed by atoms with Crippen LogP contribution >= 0.6 is 11.8 Å². The number of hydrogen-bond donors (Lipinski definition) is 2. The van der Waals surface area contributed by atoms with Gasteiger partial charge in [-0.15, -0.1) is 0 Å². The number of phenolic OH excluding ortho intramolecular Hbond substituents is 1. The molecule has 1 aromatic carbocycles. The van der Waals surface area contributed by atoms with Crippen molar-refractivity contribution in [2.75, 3.05) is 5.75 Å². The van der Waals surface area contributed by atoms with Crippen LogP contribution in [0.2, 0.25) is 0 Å². The summed E-state index contributed by atoms with van der Waals surface area (Å²) in [5.74, 6) is 0.143. The zero-order valence-corrected chi connectivity index (χ0v) is 13.1. The number of aromatic nitrogens is 2. The number of carbonyl (C=O) groups excluding carboxylic acids is 1. The summed E-state index contributed by atoms with van der Waals surface area (Å²) in [4.78, 5) is 20.2. The maximum absolute atomic E-state index is 11.7. The molecule has 22 heavy (non-hydrogen) atoms. The number of aryl methyl sites for hydroxylation is 2. The highest BCUT2D eigenvalue weighted by Crippen LogP contribution is 2.13. The van der Waals surface area contributed by atoms with Gasteiger partial charge >= 0.3 is 0 Å². The molecule has 1 aromatic heterocycles. The highest BCUT2D eigenvalue weighted by atomic mass is 32.2. The Kier molecular flexibility index (Phi) is 5.48. The van der Waals surface area contributed by atoms with Crippen molar-refractivity contribution in [2.24, 2.45) is 5.10 Å². The zero-order chi connectivity index (χ0) is 15.9. The van der Waals surface area contributed by atoms with E-state index in [1.54, 1.807) is 24.3 Å². The number of amides is 1. The molecule has 0 aliphatic carbocycles. The fraction of sp³-hybridized carbons (Fsp3) is 0.200. The monoisotopic (exact) mass is 316 g/mol. The van der Waals surface area contributed by atoms with Crippen LogP contribution in [-0.4, -0.2) is 32.9 Å². The van der Waals surface area contributed by atoms with Crippen LogP contribution < -0.4 is 5.43 Å². The van der Waals surface area contributed by atoms with E-state index in [2.05, 4.69) is 20.5 Å². The second-order valence-electron chi connectivity index (χ2n) is 4.61. The van der Waals surface area contributed by atoms with E-state index >= 15 is 0 Å². The molecule has 0 saturated heterocycles. The summed E-state index contributed by atoms with van der Waals surface area (Å²) in [5, 5.41) is 13.6. The summed E-state index contributed by atoms with van der Waals surface area (Å²) in [7, 11) is 0. The highest BCUT2D eigenvalue weighted by Gasteiger charge is 2.05. The molecule has 6 nitrogen and oxygen atoms in total. The van der Waals surface area contributed by atoms with Gasteiger partial charge in [-0.2, -0.15) is 5.10 Å². The standard InChI is InChI=1S/C15H16N4O2S/c1-10-7-11(2)18-15(17-10)22-9-14(21)19-16-8-12-3-5-13(20)6-4-12/h3-8,20H,9H2,1-2H3,(H,19,21)/b16-8-. The van der Waals surface area contributed by atoms with E-state index in [-0.39, 0.29) is 17.4 Å². The van der Waals surface area contributed by atoms with Crippen molar-refractivity contribution in [2.45, 2.75) is 19.0 Å². The van der Waals surface area contributed by atoms with Gasteiger partial charge in [0.05, 0.1) is 12.0 Å². The molecule has 0 saturated carbocycles. The second-order valence-corrected chi connectivity index (χ2v) is 5.55. The predicted molar refractivity (Wildman–Crippen MR) is 86.1 cm³/mol. The van der Waals surface area contributed by atoms with Gasteiger partial charge in [0, 0.05) is 11.4 Å². The average molecular weight is 316 g/mol. The smallest absolute Gasteiger partial charge is 0.250 e.